The molecular weight excluding hydrogens is 735 g/mol. The number of para-hydroxylation sites is 1. The molecule has 0 bridgehead atoms. The van der Waals surface area contributed by atoms with Gasteiger partial charge < -0.3 is 35.0 Å². The van der Waals surface area contributed by atoms with Crippen molar-refractivity contribution in [2.24, 2.45) is 5.92 Å². The maximum atomic E-state index is 13.3. The maximum Gasteiger partial charge on any atom is 0.272 e. The van der Waals surface area contributed by atoms with Gasteiger partial charge in [0.1, 0.15) is 5.54 Å². The Morgan fingerprint density at radius 2 is 1.58 bits per heavy atom. The van der Waals surface area contributed by atoms with E-state index in [1.165, 1.54) is 0 Å². The van der Waals surface area contributed by atoms with Crippen molar-refractivity contribution >= 4 is 52.3 Å². The van der Waals surface area contributed by atoms with Gasteiger partial charge in [-0.3, -0.25) is 9.59 Å². The number of piperidine rings is 1. The van der Waals surface area contributed by atoms with Gasteiger partial charge in [0.05, 0.1) is 25.5 Å². The van der Waals surface area contributed by atoms with E-state index in [4.69, 9.17) is 44.3 Å². The molecule has 53 heavy (non-hydrogen) atoms. The van der Waals surface area contributed by atoms with Crippen LogP contribution in [0.5, 0.6) is 0 Å². The third kappa shape index (κ3) is 8.22. The first kappa shape index (κ1) is 37.6. The molecule has 12 heteroatoms. The van der Waals surface area contributed by atoms with E-state index >= 15 is 0 Å². The number of carbonyl (C=O) groups is 2. The number of anilines is 1. The number of hydrogen-bond acceptors (Lipinski definition) is 7. The number of likely N-dealkylation sites (tertiary alicyclic amines) is 1. The van der Waals surface area contributed by atoms with E-state index < -0.39 is 21.5 Å². The topological polar surface area (TPSA) is 103 Å². The normalized spacial score (nSPS) is 23.2. The highest BCUT2D eigenvalue weighted by molar-refractivity contribution is 6.76. The number of amides is 2. The molecule has 0 radical (unpaired) electrons. The molecule has 3 heterocycles. The molecule has 3 saturated heterocycles. The molecule has 3 fully saturated rings. The lowest BCUT2D eigenvalue weighted by Gasteiger charge is -2.46. The molecule has 4 atom stereocenters. The summed E-state index contributed by atoms with van der Waals surface area (Å²) in [7, 11) is 0. The van der Waals surface area contributed by atoms with Crippen LogP contribution in [0.1, 0.15) is 54.4 Å². The monoisotopic (exact) mass is 776 g/mol. The minimum atomic E-state index is -2.04. The molecule has 2 amide bonds. The van der Waals surface area contributed by atoms with Crippen LogP contribution in [0.2, 0.25) is 0 Å². The minimum absolute atomic E-state index is 0.0143. The third-order valence-corrected chi connectivity index (χ3v) is 11.3. The van der Waals surface area contributed by atoms with Crippen LogP contribution in [-0.4, -0.2) is 63.6 Å². The summed E-state index contributed by atoms with van der Waals surface area (Å²) in [6.45, 7) is 5.07. The standard InChI is InChI=1S/C41H43Cl3N4O5/c1-27-35(24-47-19-17-40(18-20-47)38(50)46-26-48(40)34-11-3-2-4-12-34)52-37(53-36(27)30-15-13-28(25-49)14-16-30)33-10-6-9-32(22-33)31-8-5-7-29(21-31)23-45-39(51)41(42,43)44/h2-16,21-22,27,35-37,49H,17-20,23-26H2,1H3,(H,45,51)(H,46,50)/t27-,35+,36+,37+/m1/s1. The molecule has 1 spiro atoms. The highest BCUT2D eigenvalue weighted by Crippen LogP contribution is 2.43. The van der Waals surface area contributed by atoms with E-state index in [0.29, 0.717) is 13.2 Å². The number of hydrogen-bond donors (Lipinski definition) is 3. The molecule has 0 unspecified atom stereocenters. The van der Waals surface area contributed by atoms with Crippen LogP contribution < -0.4 is 15.5 Å². The van der Waals surface area contributed by atoms with Crippen LogP contribution >= 0.6 is 34.8 Å². The van der Waals surface area contributed by atoms with Crippen LogP contribution in [0.25, 0.3) is 11.1 Å². The van der Waals surface area contributed by atoms with Gasteiger partial charge in [-0.2, -0.15) is 0 Å². The number of nitrogens with one attached hydrogen (secondary N) is 2. The average Bonchev–Trinajstić information content (AvgIpc) is 3.49. The molecule has 0 aromatic heterocycles. The van der Waals surface area contributed by atoms with Gasteiger partial charge in [-0.05, 0) is 64.9 Å². The molecule has 3 aliphatic heterocycles. The number of halogens is 3. The smallest absolute Gasteiger partial charge is 0.272 e. The van der Waals surface area contributed by atoms with Crippen molar-refractivity contribution in [3.63, 3.8) is 0 Å². The number of nitrogens with zero attached hydrogens (tertiary/aromatic N) is 2. The number of benzene rings is 4. The van der Waals surface area contributed by atoms with Gasteiger partial charge in [0.15, 0.2) is 6.29 Å². The molecule has 3 aliphatic rings. The maximum absolute atomic E-state index is 13.3. The van der Waals surface area contributed by atoms with Gasteiger partial charge in [-0.1, -0.05) is 121 Å². The zero-order valence-electron chi connectivity index (χ0n) is 29.4. The average molecular weight is 778 g/mol. The van der Waals surface area contributed by atoms with E-state index in [1.807, 2.05) is 84.9 Å². The first-order valence-corrected chi connectivity index (χ1v) is 19.1. The van der Waals surface area contributed by atoms with Gasteiger partial charge in [0, 0.05) is 43.3 Å². The van der Waals surface area contributed by atoms with Crippen molar-refractivity contribution < 1.29 is 24.2 Å². The largest absolute Gasteiger partial charge is 0.392 e. The molecule has 0 saturated carbocycles. The van der Waals surface area contributed by atoms with E-state index in [1.54, 1.807) is 0 Å². The molecule has 0 aliphatic carbocycles. The second kappa shape index (κ2) is 16.0. The van der Waals surface area contributed by atoms with Crippen molar-refractivity contribution in [2.45, 2.75) is 60.7 Å². The predicted octanol–water partition coefficient (Wildman–Crippen LogP) is 7.05. The Labute approximate surface area is 325 Å². The van der Waals surface area contributed by atoms with Gasteiger partial charge in [-0.15, -0.1) is 0 Å². The molecule has 9 nitrogen and oxygen atoms in total. The summed E-state index contributed by atoms with van der Waals surface area (Å²) in [5, 5.41) is 15.4. The van der Waals surface area contributed by atoms with E-state index in [9.17, 15) is 14.7 Å². The van der Waals surface area contributed by atoms with Crippen LogP contribution in [0.4, 0.5) is 5.69 Å². The van der Waals surface area contributed by atoms with Crippen molar-refractivity contribution in [1.29, 1.82) is 0 Å². The summed E-state index contributed by atoms with van der Waals surface area (Å²) in [6, 6.07) is 34.0. The Morgan fingerprint density at radius 3 is 2.28 bits per heavy atom. The van der Waals surface area contributed by atoms with Crippen LogP contribution in [0.3, 0.4) is 0 Å². The summed E-state index contributed by atoms with van der Waals surface area (Å²) in [6.07, 6.45) is 0.370. The number of rotatable bonds is 9. The van der Waals surface area contributed by atoms with E-state index in [2.05, 4.69) is 45.6 Å². The van der Waals surface area contributed by atoms with E-state index in [0.717, 1.165) is 65.0 Å². The predicted molar refractivity (Wildman–Crippen MR) is 207 cm³/mol. The number of aliphatic hydroxyl groups is 1. The van der Waals surface area contributed by atoms with Crippen LogP contribution in [0.15, 0.2) is 103 Å². The van der Waals surface area contributed by atoms with Crippen LogP contribution in [-0.2, 0) is 32.2 Å². The fourth-order valence-electron chi connectivity index (χ4n) is 7.73. The zero-order chi connectivity index (χ0) is 37.2. The van der Waals surface area contributed by atoms with Crippen molar-refractivity contribution in [2.75, 3.05) is 31.2 Å². The molecule has 278 valence electrons. The molecular formula is C41H43Cl3N4O5. The summed E-state index contributed by atoms with van der Waals surface area (Å²) >= 11 is 17.2. The molecule has 4 aromatic carbocycles. The zero-order valence-corrected chi connectivity index (χ0v) is 31.7. The van der Waals surface area contributed by atoms with Gasteiger partial charge in [-0.25, -0.2) is 0 Å². The Kier molecular flexibility index (Phi) is 11.3. The molecule has 3 N–H and O–H groups in total. The molecule has 4 aromatic rings. The Balaban J connectivity index is 1.10. The third-order valence-electron chi connectivity index (χ3n) is 10.8. The van der Waals surface area contributed by atoms with E-state index in [-0.39, 0.29) is 37.2 Å². The Bertz CT molecular complexity index is 1900. The van der Waals surface area contributed by atoms with Crippen molar-refractivity contribution in [3.8, 4) is 11.1 Å². The first-order valence-electron chi connectivity index (χ1n) is 17.9. The lowest BCUT2D eigenvalue weighted by Crippen LogP contribution is -2.57. The minimum Gasteiger partial charge on any atom is -0.392 e. The highest BCUT2D eigenvalue weighted by Gasteiger charge is 2.51. The van der Waals surface area contributed by atoms with Gasteiger partial charge in [0.25, 0.3) is 9.70 Å². The van der Waals surface area contributed by atoms with Crippen LogP contribution in [0, 0.1) is 5.92 Å². The quantitative estimate of drug-likeness (QED) is 0.157. The SMILES string of the molecule is C[C@@H]1[C@H](CN2CCC3(CC2)C(=O)NCN3c2ccccc2)O[C@H](c2cccc(-c3cccc(CNC(=O)C(Cl)(Cl)Cl)c3)c2)O[C@@H]1c1ccc(CO)cc1. The summed E-state index contributed by atoms with van der Waals surface area (Å²) in [5.74, 6) is -0.574. The number of alkyl halides is 3. The lowest BCUT2D eigenvalue weighted by atomic mass is 9.84. The summed E-state index contributed by atoms with van der Waals surface area (Å²) in [4.78, 5) is 30.1. The first-order chi connectivity index (χ1) is 25.5. The highest BCUT2D eigenvalue weighted by atomic mass is 35.6. The Morgan fingerprint density at radius 1 is 0.887 bits per heavy atom. The fourth-order valence-corrected chi connectivity index (χ4v) is 7.93. The lowest BCUT2D eigenvalue weighted by molar-refractivity contribution is -0.276. The summed E-state index contributed by atoms with van der Waals surface area (Å²) in [5.41, 5.74) is 6.00. The Hall–Kier alpha value is -3.67. The van der Waals surface area contributed by atoms with Crippen molar-refractivity contribution in [3.05, 3.63) is 125 Å². The second-order valence-corrected chi connectivity index (χ2v) is 16.4. The van der Waals surface area contributed by atoms with Gasteiger partial charge >= 0.3 is 0 Å². The number of ether oxygens (including phenoxy) is 2. The van der Waals surface area contributed by atoms with Gasteiger partial charge in [0.2, 0.25) is 5.91 Å². The molecule has 7 rings (SSSR count). The number of aliphatic hydroxyl groups excluding tert-OH is 1. The number of carbonyl (C=O) groups excluding carboxylic acids is 2. The second-order valence-electron chi connectivity index (χ2n) is 14.1. The summed E-state index contributed by atoms with van der Waals surface area (Å²) < 4.78 is 11.6. The fraction of sp³-hybridized carbons (Fsp3) is 0.366. The van der Waals surface area contributed by atoms with Crippen molar-refractivity contribution in [1.82, 2.24) is 15.5 Å².